The smallest absolute Gasteiger partial charge is 0.273 e. The number of carbonyl (C=O) groups is 1. The van der Waals surface area contributed by atoms with Crippen LogP contribution in [-0.4, -0.2) is 53.7 Å². The molecule has 0 bridgehead atoms. The van der Waals surface area contributed by atoms with Crippen molar-refractivity contribution < 1.29 is 23.1 Å². The van der Waals surface area contributed by atoms with Gasteiger partial charge in [-0.05, 0) is 35.4 Å². The number of rotatable bonds is 7. The van der Waals surface area contributed by atoms with Crippen LogP contribution in [0.15, 0.2) is 53.1 Å². The highest BCUT2D eigenvalue weighted by Gasteiger charge is 2.21. The van der Waals surface area contributed by atoms with E-state index >= 15 is 0 Å². The van der Waals surface area contributed by atoms with Gasteiger partial charge in [-0.3, -0.25) is 14.6 Å². The molecule has 172 valence electrons. The second-order valence-corrected chi connectivity index (χ2v) is 8.18. The number of benzene rings is 2. The molecule has 8 nitrogen and oxygen atoms in total. The van der Waals surface area contributed by atoms with Crippen LogP contribution in [0.2, 0.25) is 0 Å². The molecule has 33 heavy (non-hydrogen) atoms. The summed E-state index contributed by atoms with van der Waals surface area (Å²) in [5.41, 5.74) is 2.26. The highest BCUT2D eigenvalue weighted by Crippen LogP contribution is 2.32. The summed E-state index contributed by atoms with van der Waals surface area (Å²) in [4.78, 5) is 21.3. The van der Waals surface area contributed by atoms with Gasteiger partial charge in [0.2, 0.25) is 12.7 Å². The Hall–Kier alpha value is -3.43. The minimum atomic E-state index is -0.317. The number of ether oxygens (including phenoxy) is 2. The number of aromatic nitrogens is 1. The monoisotopic (exact) mass is 452 g/mol. The Morgan fingerprint density at radius 1 is 0.939 bits per heavy atom. The normalized spacial score (nSPS) is 16.2. The maximum Gasteiger partial charge on any atom is 0.273 e. The minimum Gasteiger partial charge on any atom is -0.454 e. The molecular weight excluding hydrogens is 427 g/mol. The highest BCUT2D eigenvalue weighted by molar-refractivity contribution is 5.91. The SMILES string of the molecule is O=C(NCc1ccc(F)cc1)c1coc(CN2CCN(Cc3ccc4c(c3)OCO4)CC2)n1. The molecule has 3 aromatic rings. The Morgan fingerprint density at radius 2 is 1.64 bits per heavy atom. The summed E-state index contributed by atoms with van der Waals surface area (Å²) in [6, 6.07) is 12.1. The van der Waals surface area contributed by atoms with Crippen molar-refractivity contribution >= 4 is 5.91 Å². The number of nitrogens with one attached hydrogen (secondary N) is 1. The summed E-state index contributed by atoms with van der Waals surface area (Å²) in [7, 11) is 0. The second kappa shape index (κ2) is 9.60. The average Bonchev–Trinajstić information content (AvgIpc) is 3.49. The number of hydrogen-bond donors (Lipinski definition) is 1. The zero-order chi connectivity index (χ0) is 22.6. The van der Waals surface area contributed by atoms with Gasteiger partial charge in [-0.25, -0.2) is 9.37 Å². The molecule has 5 rings (SSSR count). The molecule has 2 aliphatic rings. The molecule has 0 aliphatic carbocycles. The summed E-state index contributed by atoms with van der Waals surface area (Å²) in [5, 5.41) is 2.78. The van der Waals surface area contributed by atoms with E-state index in [0.717, 1.165) is 49.8 Å². The molecule has 0 radical (unpaired) electrons. The van der Waals surface area contributed by atoms with Crippen LogP contribution in [0.4, 0.5) is 4.39 Å². The van der Waals surface area contributed by atoms with Crippen molar-refractivity contribution in [1.29, 1.82) is 0 Å². The zero-order valence-electron chi connectivity index (χ0n) is 18.1. The molecule has 9 heteroatoms. The third-order valence-electron chi connectivity index (χ3n) is 5.82. The van der Waals surface area contributed by atoms with Crippen molar-refractivity contribution in [1.82, 2.24) is 20.1 Å². The van der Waals surface area contributed by atoms with Gasteiger partial charge in [-0.15, -0.1) is 0 Å². The predicted molar refractivity (Wildman–Crippen MR) is 117 cm³/mol. The van der Waals surface area contributed by atoms with Gasteiger partial charge in [0.25, 0.3) is 5.91 Å². The van der Waals surface area contributed by atoms with Gasteiger partial charge in [-0.1, -0.05) is 18.2 Å². The Labute approximate surface area is 190 Å². The number of fused-ring (bicyclic) bond motifs is 1. The number of amides is 1. The molecule has 1 fully saturated rings. The number of nitrogens with zero attached hydrogens (tertiary/aromatic N) is 3. The Bertz CT molecular complexity index is 1110. The third kappa shape index (κ3) is 5.32. The van der Waals surface area contributed by atoms with Crippen molar-refractivity contribution in [3.8, 4) is 11.5 Å². The summed E-state index contributed by atoms with van der Waals surface area (Å²) < 4.78 is 29.3. The van der Waals surface area contributed by atoms with E-state index in [1.54, 1.807) is 12.1 Å². The van der Waals surface area contributed by atoms with Gasteiger partial charge >= 0.3 is 0 Å². The first kappa shape index (κ1) is 21.4. The number of piperazine rings is 1. The maximum atomic E-state index is 13.0. The predicted octanol–water partition coefficient (Wildman–Crippen LogP) is 2.79. The maximum absolute atomic E-state index is 13.0. The fourth-order valence-corrected chi connectivity index (χ4v) is 3.96. The summed E-state index contributed by atoms with van der Waals surface area (Å²) >= 11 is 0. The molecule has 1 saturated heterocycles. The number of hydrogen-bond acceptors (Lipinski definition) is 7. The van der Waals surface area contributed by atoms with Gasteiger partial charge in [0.05, 0.1) is 6.54 Å². The molecule has 0 atom stereocenters. The van der Waals surface area contributed by atoms with E-state index in [9.17, 15) is 9.18 Å². The van der Waals surface area contributed by atoms with Crippen LogP contribution in [-0.2, 0) is 19.6 Å². The van der Waals surface area contributed by atoms with Crippen molar-refractivity contribution in [2.45, 2.75) is 19.6 Å². The van der Waals surface area contributed by atoms with Crippen LogP contribution in [0.5, 0.6) is 11.5 Å². The van der Waals surface area contributed by atoms with Crippen molar-refractivity contribution in [3.05, 3.63) is 77.3 Å². The fraction of sp³-hybridized carbons (Fsp3) is 0.333. The van der Waals surface area contributed by atoms with Gasteiger partial charge in [0.15, 0.2) is 17.2 Å². The largest absolute Gasteiger partial charge is 0.454 e. The Kier molecular flexibility index (Phi) is 6.23. The quantitative estimate of drug-likeness (QED) is 0.591. The van der Waals surface area contributed by atoms with Crippen LogP contribution in [0.3, 0.4) is 0 Å². The van der Waals surface area contributed by atoms with Crippen molar-refractivity contribution in [3.63, 3.8) is 0 Å². The Morgan fingerprint density at radius 3 is 2.42 bits per heavy atom. The van der Waals surface area contributed by atoms with E-state index in [-0.39, 0.29) is 24.2 Å². The molecule has 3 heterocycles. The first-order valence-corrected chi connectivity index (χ1v) is 10.9. The first-order valence-electron chi connectivity index (χ1n) is 10.9. The van der Waals surface area contributed by atoms with Gasteiger partial charge in [-0.2, -0.15) is 0 Å². The highest BCUT2D eigenvalue weighted by atomic mass is 19.1. The summed E-state index contributed by atoms with van der Waals surface area (Å²) in [5.74, 6) is 1.51. The molecule has 2 aliphatic heterocycles. The van der Waals surface area contributed by atoms with Crippen LogP contribution in [0.25, 0.3) is 0 Å². The lowest BCUT2D eigenvalue weighted by Crippen LogP contribution is -2.45. The van der Waals surface area contributed by atoms with Gasteiger partial charge < -0.3 is 19.2 Å². The summed E-state index contributed by atoms with van der Waals surface area (Å²) in [6.45, 7) is 5.64. The molecule has 1 amide bonds. The number of oxazole rings is 1. The number of carbonyl (C=O) groups excluding carboxylic acids is 1. The lowest BCUT2D eigenvalue weighted by Gasteiger charge is -2.34. The topological polar surface area (TPSA) is 80.1 Å². The van der Waals surface area contributed by atoms with Crippen LogP contribution in [0, 0.1) is 5.82 Å². The van der Waals surface area contributed by atoms with E-state index < -0.39 is 0 Å². The molecule has 0 spiro atoms. The molecule has 0 unspecified atom stereocenters. The zero-order valence-corrected chi connectivity index (χ0v) is 18.1. The standard InChI is InChI=1S/C24H25FN4O4/c25-19-4-1-17(2-5-19)12-26-24(30)20-15-31-23(27-20)14-29-9-7-28(8-10-29)13-18-3-6-21-22(11-18)33-16-32-21/h1-6,11,15H,7-10,12-14,16H2,(H,26,30). The van der Waals surface area contributed by atoms with Crippen molar-refractivity contribution in [2.24, 2.45) is 0 Å². The number of halogens is 1. The molecule has 1 N–H and O–H groups in total. The first-order chi connectivity index (χ1) is 16.1. The second-order valence-electron chi connectivity index (χ2n) is 8.18. The van der Waals surface area contributed by atoms with Crippen LogP contribution in [0.1, 0.15) is 27.5 Å². The van der Waals surface area contributed by atoms with Gasteiger partial charge in [0, 0.05) is 39.3 Å². The molecular formula is C24H25FN4O4. The van der Waals surface area contributed by atoms with Crippen LogP contribution < -0.4 is 14.8 Å². The third-order valence-corrected chi connectivity index (χ3v) is 5.82. The van der Waals surface area contributed by atoms with Crippen molar-refractivity contribution in [2.75, 3.05) is 33.0 Å². The minimum absolute atomic E-state index is 0.244. The summed E-state index contributed by atoms with van der Waals surface area (Å²) in [6.07, 6.45) is 1.38. The van der Waals surface area contributed by atoms with E-state index in [1.807, 2.05) is 12.1 Å². The molecule has 0 saturated carbocycles. The van der Waals surface area contributed by atoms with E-state index in [0.29, 0.717) is 19.0 Å². The lowest BCUT2D eigenvalue weighted by atomic mass is 10.1. The Balaban J connectivity index is 1.07. The average molecular weight is 452 g/mol. The fourth-order valence-electron chi connectivity index (χ4n) is 3.96. The lowest BCUT2D eigenvalue weighted by molar-refractivity contribution is 0.0945. The van der Waals surface area contributed by atoms with E-state index in [2.05, 4.69) is 26.2 Å². The molecule has 2 aromatic carbocycles. The van der Waals surface area contributed by atoms with Crippen LogP contribution >= 0.6 is 0 Å². The van der Waals surface area contributed by atoms with Gasteiger partial charge in [0.1, 0.15) is 12.1 Å². The van der Waals surface area contributed by atoms with E-state index in [4.69, 9.17) is 13.9 Å². The van der Waals surface area contributed by atoms with E-state index in [1.165, 1.54) is 24.0 Å². The molecule has 1 aromatic heterocycles.